The molecule has 0 unspecified atom stereocenters. The topological polar surface area (TPSA) is 112 Å². The number of likely N-dealkylation sites (N-methyl/N-ethyl adjacent to an activating group) is 1. The Bertz CT molecular complexity index is 926. The third-order valence-corrected chi connectivity index (χ3v) is 5.41. The number of nitrogens with one attached hydrogen (secondary N) is 1. The van der Waals surface area contributed by atoms with Crippen molar-refractivity contribution in [2.24, 2.45) is 0 Å². The minimum atomic E-state index is -3.94. The molecule has 1 amide bonds. The monoisotopic (exact) mass is 346 g/mol. The van der Waals surface area contributed by atoms with Gasteiger partial charge in [-0.2, -0.15) is 0 Å². The van der Waals surface area contributed by atoms with Gasteiger partial charge in [0.05, 0.1) is 4.90 Å². The van der Waals surface area contributed by atoms with E-state index in [4.69, 9.17) is 0 Å². The van der Waals surface area contributed by atoms with Gasteiger partial charge in [0.25, 0.3) is 15.9 Å². The first-order valence-corrected chi connectivity index (χ1v) is 8.54. The van der Waals surface area contributed by atoms with Crippen molar-refractivity contribution >= 4 is 27.6 Å². The van der Waals surface area contributed by atoms with E-state index in [2.05, 4.69) is 15.3 Å². The molecule has 1 aromatic carbocycles. The lowest BCUT2D eigenvalue weighted by atomic mass is 10.1. The second-order valence-corrected chi connectivity index (χ2v) is 6.72. The van der Waals surface area contributed by atoms with Crippen molar-refractivity contribution in [3.8, 4) is 0 Å². The molecule has 0 saturated carbocycles. The highest BCUT2D eigenvalue weighted by atomic mass is 32.2. The Morgan fingerprint density at radius 1 is 1.21 bits per heavy atom. The number of anilines is 1. The van der Waals surface area contributed by atoms with Gasteiger partial charge in [-0.05, 0) is 25.1 Å². The van der Waals surface area contributed by atoms with Crippen LogP contribution in [0.5, 0.6) is 0 Å². The molecule has 1 aliphatic heterocycles. The highest BCUT2D eigenvalue weighted by molar-refractivity contribution is 7.89. The van der Waals surface area contributed by atoms with E-state index in [1.54, 1.807) is 25.1 Å². The number of carbonyl (C=O) groups is 1. The molecule has 0 radical (unpaired) electrons. The van der Waals surface area contributed by atoms with Crippen molar-refractivity contribution in [2.75, 3.05) is 11.9 Å². The van der Waals surface area contributed by atoms with Crippen LogP contribution in [0.25, 0.3) is 5.76 Å². The molecule has 0 saturated heterocycles. The smallest absolute Gasteiger partial charge is 0.279 e. The summed E-state index contributed by atoms with van der Waals surface area (Å²) in [6.07, 6.45) is 2.86. The molecule has 0 fully saturated rings. The molecule has 1 aliphatic rings. The van der Waals surface area contributed by atoms with Gasteiger partial charge in [0, 0.05) is 24.5 Å². The third-order valence-electron chi connectivity index (χ3n) is 3.48. The SMILES string of the molecule is CCN1C(C(=O)Nc2ncccn2)=C(O)c2ccccc2S1(=O)=O. The second kappa shape index (κ2) is 5.93. The van der Waals surface area contributed by atoms with E-state index in [-0.39, 0.29) is 28.6 Å². The lowest BCUT2D eigenvalue weighted by Crippen LogP contribution is -2.39. The van der Waals surface area contributed by atoms with E-state index in [0.29, 0.717) is 0 Å². The molecular formula is C15H14N4O4S. The predicted octanol–water partition coefficient (Wildman–Crippen LogP) is 1.37. The predicted molar refractivity (Wildman–Crippen MR) is 86.2 cm³/mol. The molecule has 124 valence electrons. The molecule has 24 heavy (non-hydrogen) atoms. The number of aliphatic hydroxyl groups is 1. The zero-order valence-electron chi connectivity index (χ0n) is 12.7. The van der Waals surface area contributed by atoms with Crippen LogP contribution in [0, 0.1) is 0 Å². The fourth-order valence-corrected chi connectivity index (χ4v) is 4.13. The number of aliphatic hydroxyl groups excluding tert-OH is 1. The number of hydrogen-bond donors (Lipinski definition) is 2. The Morgan fingerprint density at radius 2 is 1.88 bits per heavy atom. The average molecular weight is 346 g/mol. The van der Waals surface area contributed by atoms with Gasteiger partial charge in [0.1, 0.15) is 0 Å². The molecule has 0 aliphatic carbocycles. The summed E-state index contributed by atoms with van der Waals surface area (Å²) in [5.41, 5.74) is -0.273. The van der Waals surface area contributed by atoms with Crippen molar-refractivity contribution < 1.29 is 18.3 Å². The maximum absolute atomic E-state index is 12.7. The number of sulfonamides is 1. The number of hydrogen-bond acceptors (Lipinski definition) is 6. The molecule has 9 heteroatoms. The van der Waals surface area contributed by atoms with Crippen LogP contribution < -0.4 is 5.32 Å². The van der Waals surface area contributed by atoms with Crippen LogP contribution in [-0.4, -0.2) is 40.2 Å². The van der Waals surface area contributed by atoms with Crippen molar-refractivity contribution in [1.82, 2.24) is 14.3 Å². The number of rotatable bonds is 3. The molecule has 0 bridgehead atoms. The zero-order chi connectivity index (χ0) is 17.3. The summed E-state index contributed by atoms with van der Waals surface area (Å²) in [5.74, 6) is -1.20. The van der Waals surface area contributed by atoms with Gasteiger partial charge in [0.15, 0.2) is 11.5 Å². The lowest BCUT2D eigenvalue weighted by molar-refractivity contribution is -0.113. The summed E-state index contributed by atoms with van der Waals surface area (Å²) in [7, 11) is -3.94. The van der Waals surface area contributed by atoms with Crippen LogP contribution in [0.2, 0.25) is 0 Å². The Kier molecular flexibility index (Phi) is 3.94. The summed E-state index contributed by atoms with van der Waals surface area (Å²) in [4.78, 5) is 20.2. The molecule has 3 rings (SSSR count). The van der Waals surface area contributed by atoms with Crippen molar-refractivity contribution in [1.29, 1.82) is 0 Å². The van der Waals surface area contributed by atoms with Crippen LogP contribution in [-0.2, 0) is 14.8 Å². The van der Waals surface area contributed by atoms with E-state index >= 15 is 0 Å². The highest BCUT2D eigenvalue weighted by Gasteiger charge is 2.39. The lowest BCUT2D eigenvalue weighted by Gasteiger charge is -2.30. The molecule has 2 aromatic rings. The molecule has 0 spiro atoms. The largest absolute Gasteiger partial charge is 0.505 e. The first kappa shape index (κ1) is 15.9. The standard InChI is InChI=1S/C15H14N4O4S/c1-2-19-12(14(21)18-15-16-8-5-9-17-15)13(20)10-6-3-4-7-11(10)24(19,22)23/h3-9,20H,2H2,1H3,(H,16,17,18,21). The van der Waals surface area contributed by atoms with Crippen molar-refractivity contribution in [2.45, 2.75) is 11.8 Å². The first-order valence-electron chi connectivity index (χ1n) is 7.10. The molecule has 2 N–H and O–H groups in total. The summed E-state index contributed by atoms with van der Waals surface area (Å²) in [6.45, 7) is 1.56. The Balaban J connectivity index is 2.12. The number of nitrogens with zero attached hydrogens (tertiary/aromatic N) is 3. The quantitative estimate of drug-likeness (QED) is 0.868. The number of amides is 1. The van der Waals surface area contributed by atoms with E-state index in [0.717, 1.165) is 4.31 Å². The Hall–Kier alpha value is -2.94. The third kappa shape index (κ3) is 2.48. The minimum Gasteiger partial charge on any atom is -0.505 e. The van der Waals surface area contributed by atoms with E-state index in [1.807, 2.05) is 0 Å². The van der Waals surface area contributed by atoms with Crippen LogP contribution >= 0.6 is 0 Å². The zero-order valence-corrected chi connectivity index (χ0v) is 13.5. The average Bonchev–Trinajstić information content (AvgIpc) is 2.58. The van der Waals surface area contributed by atoms with E-state index in [9.17, 15) is 18.3 Å². The maximum atomic E-state index is 12.7. The molecule has 1 aromatic heterocycles. The highest BCUT2D eigenvalue weighted by Crippen LogP contribution is 2.35. The fraction of sp³-hybridized carbons (Fsp3) is 0.133. The van der Waals surface area contributed by atoms with Gasteiger partial charge in [-0.15, -0.1) is 0 Å². The Morgan fingerprint density at radius 3 is 2.54 bits per heavy atom. The molecular weight excluding hydrogens is 332 g/mol. The number of fused-ring (bicyclic) bond motifs is 1. The normalized spacial score (nSPS) is 15.8. The second-order valence-electron chi connectivity index (χ2n) is 4.89. The minimum absolute atomic E-state index is 0.00936. The summed E-state index contributed by atoms with van der Waals surface area (Å²) in [6, 6.07) is 7.55. The summed E-state index contributed by atoms with van der Waals surface area (Å²) >= 11 is 0. The van der Waals surface area contributed by atoms with E-state index < -0.39 is 21.7 Å². The van der Waals surface area contributed by atoms with E-state index in [1.165, 1.54) is 24.5 Å². The van der Waals surface area contributed by atoms with Gasteiger partial charge >= 0.3 is 0 Å². The van der Waals surface area contributed by atoms with Gasteiger partial charge in [0.2, 0.25) is 5.95 Å². The van der Waals surface area contributed by atoms with Crippen LogP contribution in [0.1, 0.15) is 12.5 Å². The fourth-order valence-electron chi connectivity index (χ4n) is 2.45. The number of carbonyl (C=O) groups excluding carboxylic acids is 1. The van der Waals surface area contributed by atoms with Gasteiger partial charge in [-0.1, -0.05) is 12.1 Å². The van der Waals surface area contributed by atoms with Gasteiger partial charge < -0.3 is 5.11 Å². The molecule has 2 heterocycles. The van der Waals surface area contributed by atoms with Crippen LogP contribution in [0.15, 0.2) is 53.3 Å². The van der Waals surface area contributed by atoms with Crippen molar-refractivity contribution in [3.05, 3.63) is 54.0 Å². The van der Waals surface area contributed by atoms with Crippen molar-refractivity contribution in [3.63, 3.8) is 0 Å². The molecule has 0 atom stereocenters. The number of aromatic nitrogens is 2. The van der Waals surface area contributed by atoms with Crippen LogP contribution in [0.3, 0.4) is 0 Å². The van der Waals surface area contributed by atoms with Crippen LogP contribution in [0.4, 0.5) is 5.95 Å². The first-order chi connectivity index (χ1) is 11.5. The number of benzene rings is 1. The Labute approximate surface area is 138 Å². The maximum Gasteiger partial charge on any atom is 0.279 e. The van der Waals surface area contributed by atoms with Gasteiger partial charge in [-0.25, -0.2) is 18.4 Å². The van der Waals surface area contributed by atoms with Gasteiger partial charge in [-0.3, -0.25) is 14.4 Å². The summed E-state index contributed by atoms with van der Waals surface area (Å²) in [5, 5.41) is 12.9. The molecule has 8 nitrogen and oxygen atoms in total. The summed E-state index contributed by atoms with van der Waals surface area (Å²) < 4.78 is 26.3.